The van der Waals surface area contributed by atoms with Crippen LogP contribution in [0.4, 0.5) is 0 Å². The number of hydrogen-bond donors (Lipinski definition) is 3. The molecule has 0 aliphatic carbocycles. The number of carbonyl (C=O) groups excluding carboxylic acids is 3. The van der Waals surface area contributed by atoms with Gasteiger partial charge in [-0.25, -0.2) is 0 Å². The largest absolute Gasteiger partial charge is 0.480 e. The Morgan fingerprint density at radius 1 is 1.00 bits per heavy atom. The molecule has 0 fully saturated rings. The minimum atomic E-state index is -1.13. The van der Waals surface area contributed by atoms with Gasteiger partial charge in [0.25, 0.3) is 0 Å². The van der Waals surface area contributed by atoms with E-state index in [1.54, 1.807) is 0 Å². The predicted octanol–water partition coefficient (Wildman–Crippen LogP) is 0.629. The first-order chi connectivity index (χ1) is 12.1. The zero-order valence-corrected chi connectivity index (χ0v) is 14.6. The summed E-state index contributed by atoms with van der Waals surface area (Å²) in [6.45, 7) is 2.31. The van der Waals surface area contributed by atoms with Crippen molar-refractivity contribution < 1.29 is 33.8 Å². The van der Waals surface area contributed by atoms with E-state index in [2.05, 4.69) is 0 Å². The smallest absolute Gasteiger partial charge is 0.320 e. The van der Waals surface area contributed by atoms with Crippen LogP contribution in [0.15, 0.2) is 18.2 Å². The van der Waals surface area contributed by atoms with Crippen molar-refractivity contribution in [1.29, 1.82) is 0 Å². The van der Waals surface area contributed by atoms with Gasteiger partial charge in [0.1, 0.15) is 6.04 Å². The molecular formula is C17H22N2O7. The number of nitrogens with two attached hydrogens (primary N) is 2. The Morgan fingerprint density at radius 3 is 2.12 bits per heavy atom. The third-order valence-electron chi connectivity index (χ3n) is 3.43. The lowest BCUT2D eigenvalue weighted by Gasteiger charge is -2.16. The van der Waals surface area contributed by atoms with E-state index in [0.29, 0.717) is 6.42 Å². The van der Waals surface area contributed by atoms with Gasteiger partial charge in [0, 0.05) is 13.8 Å². The SMILES string of the molecule is CC(=O)Oc1cccc(C(=O)C(N)CCC[C@H](N)C(=O)O)c1OC(C)=O. The second kappa shape index (κ2) is 9.64. The van der Waals surface area contributed by atoms with Crippen LogP contribution in [0.2, 0.25) is 0 Å². The van der Waals surface area contributed by atoms with Crippen molar-refractivity contribution in [3.8, 4) is 11.5 Å². The van der Waals surface area contributed by atoms with Crippen molar-refractivity contribution in [2.45, 2.75) is 45.2 Å². The zero-order chi connectivity index (χ0) is 19.9. The highest BCUT2D eigenvalue weighted by atomic mass is 16.6. The second-order valence-electron chi connectivity index (χ2n) is 5.67. The van der Waals surface area contributed by atoms with Gasteiger partial charge >= 0.3 is 17.9 Å². The Hall–Kier alpha value is -2.78. The first-order valence-electron chi connectivity index (χ1n) is 7.91. The van der Waals surface area contributed by atoms with E-state index in [-0.39, 0.29) is 29.9 Å². The molecule has 0 aliphatic rings. The monoisotopic (exact) mass is 366 g/mol. The number of carbonyl (C=O) groups is 4. The van der Waals surface area contributed by atoms with Crippen LogP contribution >= 0.6 is 0 Å². The van der Waals surface area contributed by atoms with E-state index in [0.717, 1.165) is 6.92 Å². The van der Waals surface area contributed by atoms with Crippen molar-refractivity contribution in [2.24, 2.45) is 11.5 Å². The molecule has 26 heavy (non-hydrogen) atoms. The topological polar surface area (TPSA) is 159 Å². The van der Waals surface area contributed by atoms with Gasteiger partial charge < -0.3 is 26.0 Å². The fourth-order valence-electron chi connectivity index (χ4n) is 2.21. The number of esters is 2. The highest BCUT2D eigenvalue weighted by Gasteiger charge is 2.24. The van der Waals surface area contributed by atoms with Gasteiger partial charge in [-0.3, -0.25) is 19.2 Å². The Labute approximate surface area is 150 Å². The summed E-state index contributed by atoms with van der Waals surface area (Å²) in [5, 5.41) is 8.74. The van der Waals surface area contributed by atoms with Crippen LogP contribution in [0.3, 0.4) is 0 Å². The average Bonchev–Trinajstić information content (AvgIpc) is 2.54. The molecule has 1 unspecified atom stereocenters. The van der Waals surface area contributed by atoms with Gasteiger partial charge in [0.15, 0.2) is 17.3 Å². The van der Waals surface area contributed by atoms with Crippen molar-refractivity contribution in [3.05, 3.63) is 23.8 Å². The summed E-state index contributed by atoms with van der Waals surface area (Å²) < 4.78 is 10.00. The number of ether oxygens (including phenoxy) is 2. The molecule has 0 aromatic heterocycles. The van der Waals surface area contributed by atoms with E-state index in [9.17, 15) is 19.2 Å². The minimum absolute atomic E-state index is 0.00557. The zero-order valence-electron chi connectivity index (χ0n) is 14.6. The fourth-order valence-corrected chi connectivity index (χ4v) is 2.21. The second-order valence-corrected chi connectivity index (χ2v) is 5.67. The van der Waals surface area contributed by atoms with Crippen LogP contribution in [0, 0.1) is 0 Å². The maximum absolute atomic E-state index is 12.6. The molecule has 9 heteroatoms. The van der Waals surface area contributed by atoms with Gasteiger partial charge in [-0.15, -0.1) is 0 Å². The Balaban J connectivity index is 2.97. The van der Waals surface area contributed by atoms with E-state index >= 15 is 0 Å². The Bertz CT molecular complexity index is 702. The van der Waals surface area contributed by atoms with Crippen molar-refractivity contribution in [2.75, 3.05) is 0 Å². The summed E-state index contributed by atoms with van der Waals surface area (Å²) in [6, 6.07) is 2.26. The average molecular weight is 366 g/mol. The molecule has 1 aromatic carbocycles. The molecular weight excluding hydrogens is 344 g/mol. The first-order valence-corrected chi connectivity index (χ1v) is 7.91. The molecule has 1 rings (SSSR count). The van der Waals surface area contributed by atoms with E-state index in [1.807, 2.05) is 0 Å². The Morgan fingerprint density at radius 2 is 1.58 bits per heavy atom. The number of para-hydroxylation sites is 1. The maximum atomic E-state index is 12.6. The molecule has 0 spiro atoms. The summed E-state index contributed by atoms with van der Waals surface area (Å²) in [4.78, 5) is 45.8. The molecule has 0 radical (unpaired) electrons. The van der Waals surface area contributed by atoms with Crippen molar-refractivity contribution >= 4 is 23.7 Å². The quantitative estimate of drug-likeness (QED) is 0.323. The molecule has 0 saturated heterocycles. The highest BCUT2D eigenvalue weighted by molar-refractivity contribution is 6.03. The molecule has 2 atom stereocenters. The normalized spacial score (nSPS) is 12.8. The number of carboxylic acid groups (broad SMARTS) is 1. The summed E-state index contributed by atoms with van der Waals surface area (Å²) in [5.41, 5.74) is 11.3. The minimum Gasteiger partial charge on any atom is -0.480 e. The molecule has 1 aromatic rings. The summed E-state index contributed by atoms with van der Waals surface area (Å²) >= 11 is 0. The van der Waals surface area contributed by atoms with Crippen LogP contribution in [0.1, 0.15) is 43.5 Å². The van der Waals surface area contributed by atoms with Crippen LogP contribution in [0.25, 0.3) is 0 Å². The van der Waals surface area contributed by atoms with Crippen LogP contribution < -0.4 is 20.9 Å². The molecule has 0 aliphatic heterocycles. The van der Waals surface area contributed by atoms with Crippen molar-refractivity contribution in [3.63, 3.8) is 0 Å². The lowest BCUT2D eigenvalue weighted by atomic mass is 9.98. The van der Waals surface area contributed by atoms with Gasteiger partial charge in [-0.05, 0) is 31.4 Å². The summed E-state index contributed by atoms with van der Waals surface area (Å²) in [6.07, 6.45) is 0.685. The van der Waals surface area contributed by atoms with Gasteiger partial charge in [0.2, 0.25) is 0 Å². The lowest BCUT2D eigenvalue weighted by molar-refractivity contribution is -0.138. The first kappa shape index (κ1) is 21.3. The maximum Gasteiger partial charge on any atom is 0.320 e. The third kappa shape index (κ3) is 6.26. The number of aliphatic carboxylic acids is 1. The fraction of sp³-hybridized carbons (Fsp3) is 0.412. The number of hydrogen-bond acceptors (Lipinski definition) is 8. The molecule has 5 N–H and O–H groups in total. The number of ketones is 1. The van der Waals surface area contributed by atoms with Crippen LogP contribution in [-0.2, 0) is 14.4 Å². The Kier molecular flexibility index (Phi) is 7.88. The van der Waals surface area contributed by atoms with Gasteiger partial charge in [-0.1, -0.05) is 6.07 Å². The molecule has 9 nitrogen and oxygen atoms in total. The molecule has 142 valence electrons. The van der Waals surface area contributed by atoms with Crippen LogP contribution in [-0.4, -0.2) is 40.9 Å². The van der Waals surface area contributed by atoms with E-state index < -0.39 is 35.8 Å². The molecule has 0 amide bonds. The van der Waals surface area contributed by atoms with Gasteiger partial charge in [0.05, 0.1) is 11.6 Å². The molecule has 0 saturated carbocycles. The third-order valence-corrected chi connectivity index (χ3v) is 3.43. The van der Waals surface area contributed by atoms with Crippen molar-refractivity contribution in [1.82, 2.24) is 0 Å². The number of carboxylic acids is 1. The summed E-state index contributed by atoms with van der Waals surface area (Å²) in [7, 11) is 0. The standard InChI is InChI=1S/C17H22N2O7/c1-9(20)25-14-8-3-5-11(16(14)26-10(2)21)15(22)12(18)6-4-7-13(19)17(23)24/h3,5,8,12-13H,4,6-7,18-19H2,1-2H3,(H,23,24)/t12?,13-/m0/s1. The van der Waals surface area contributed by atoms with E-state index in [4.69, 9.17) is 26.0 Å². The number of Topliss-reactive ketones (excluding diaryl/α,β-unsaturated/α-hetero) is 1. The number of rotatable bonds is 9. The predicted molar refractivity (Wildman–Crippen MR) is 90.8 cm³/mol. The highest BCUT2D eigenvalue weighted by Crippen LogP contribution is 2.32. The molecule has 0 heterocycles. The number of benzene rings is 1. The van der Waals surface area contributed by atoms with E-state index in [1.165, 1.54) is 25.1 Å². The molecule has 0 bridgehead atoms. The lowest BCUT2D eigenvalue weighted by Crippen LogP contribution is -2.33. The van der Waals surface area contributed by atoms with Crippen LogP contribution in [0.5, 0.6) is 11.5 Å². The summed E-state index contributed by atoms with van der Waals surface area (Å²) in [5.74, 6) is -3.25. The van der Waals surface area contributed by atoms with Gasteiger partial charge in [-0.2, -0.15) is 0 Å².